The highest BCUT2D eigenvalue weighted by Gasteiger charge is 2.22. The molecular weight excluding hydrogens is 494 g/mol. The Balaban J connectivity index is 1.27. The van der Waals surface area contributed by atoms with E-state index >= 15 is 0 Å². The number of carbonyl (C=O) groups excluding carboxylic acids is 3. The summed E-state index contributed by atoms with van der Waals surface area (Å²) < 4.78 is 5.12. The average molecular weight is 530 g/mol. The van der Waals surface area contributed by atoms with Crippen LogP contribution in [0, 0.1) is 6.92 Å². The Kier molecular flexibility index (Phi) is 9.53. The third kappa shape index (κ3) is 7.81. The molecule has 9 heteroatoms. The zero-order chi connectivity index (χ0) is 27.6. The van der Waals surface area contributed by atoms with E-state index in [0.29, 0.717) is 50.6 Å². The van der Waals surface area contributed by atoms with E-state index < -0.39 is 0 Å². The fourth-order valence-corrected chi connectivity index (χ4v) is 4.44. The van der Waals surface area contributed by atoms with Gasteiger partial charge in [-0.3, -0.25) is 9.59 Å². The smallest absolute Gasteiger partial charge is 0.321 e. The fraction of sp³-hybridized carbons (Fsp3) is 0.300. The molecule has 9 nitrogen and oxygen atoms in total. The second-order valence-corrected chi connectivity index (χ2v) is 9.45. The van der Waals surface area contributed by atoms with Crippen molar-refractivity contribution < 1.29 is 19.1 Å². The number of aryl methyl sites for hydroxylation is 1. The van der Waals surface area contributed by atoms with Crippen molar-refractivity contribution in [1.29, 1.82) is 0 Å². The molecular formula is C30H35N5O4. The zero-order valence-electron chi connectivity index (χ0n) is 22.4. The zero-order valence-corrected chi connectivity index (χ0v) is 22.4. The molecule has 0 atom stereocenters. The largest absolute Gasteiger partial charge is 0.383 e. The Morgan fingerprint density at radius 1 is 0.846 bits per heavy atom. The van der Waals surface area contributed by atoms with Gasteiger partial charge in [-0.1, -0.05) is 30.3 Å². The second-order valence-electron chi connectivity index (χ2n) is 9.45. The van der Waals surface area contributed by atoms with Crippen molar-refractivity contribution >= 4 is 34.9 Å². The second kappa shape index (κ2) is 13.4. The topological polar surface area (TPSA) is 94.2 Å². The van der Waals surface area contributed by atoms with Gasteiger partial charge < -0.3 is 30.1 Å². The molecule has 0 aliphatic carbocycles. The number of rotatable bonds is 9. The first-order chi connectivity index (χ1) is 18.9. The molecule has 0 radical (unpaired) electrons. The third-order valence-electron chi connectivity index (χ3n) is 6.56. The summed E-state index contributed by atoms with van der Waals surface area (Å²) in [7, 11) is 1.56. The van der Waals surface area contributed by atoms with Crippen LogP contribution in [0.2, 0.25) is 0 Å². The number of amides is 4. The number of ether oxygens (including phenoxy) is 1. The maximum Gasteiger partial charge on any atom is 0.321 e. The van der Waals surface area contributed by atoms with Crippen molar-refractivity contribution in [2.45, 2.75) is 6.92 Å². The number of benzene rings is 3. The predicted molar refractivity (Wildman–Crippen MR) is 153 cm³/mol. The summed E-state index contributed by atoms with van der Waals surface area (Å²) in [4.78, 5) is 43.8. The lowest BCUT2D eigenvalue weighted by molar-refractivity contribution is -0.117. The molecule has 39 heavy (non-hydrogen) atoms. The van der Waals surface area contributed by atoms with Gasteiger partial charge in [0.2, 0.25) is 5.91 Å². The van der Waals surface area contributed by atoms with Crippen LogP contribution in [0.15, 0.2) is 78.9 Å². The molecule has 3 aromatic rings. The number of piperazine rings is 1. The molecule has 204 valence electrons. The van der Waals surface area contributed by atoms with Crippen LogP contribution in [0.25, 0.3) is 0 Å². The number of methoxy groups -OCH3 is 1. The van der Waals surface area contributed by atoms with E-state index in [4.69, 9.17) is 4.74 Å². The fourth-order valence-electron chi connectivity index (χ4n) is 4.44. The number of nitrogens with zero attached hydrogens (tertiary/aromatic N) is 3. The van der Waals surface area contributed by atoms with Crippen LogP contribution in [-0.2, 0) is 9.53 Å². The maximum absolute atomic E-state index is 12.9. The summed E-state index contributed by atoms with van der Waals surface area (Å²) >= 11 is 0. The van der Waals surface area contributed by atoms with Crippen LogP contribution in [-0.4, -0.2) is 80.6 Å². The molecule has 0 aromatic heterocycles. The van der Waals surface area contributed by atoms with E-state index in [0.717, 1.165) is 16.9 Å². The van der Waals surface area contributed by atoms with Crippen LogP contribution >= 0.6 is 0 Å². The first-order valence-corrected chi connectivity index (χ1v) is 13.0. The van der Waals surface area contributed by atoms with Gasteiger partial charge in [0.15, 0.2) is 0 Å². The highest BCUT2D eigenvalue weighted by Crippen LogP contribution is 2.20. The summed E-state index contributed by atoms with van der Waals surface area (Å²) in [5.74, 6) is -0.499. The van der Waals surface area contributed by atoms with Crippen LogP contribution in [0.5, 0.6) is 0 Å². The molecule has 0 saturated carbocycles. The van der Waals surface area contributed by atoms with Gasteiger partial charge in [-0.25, -0.2) is 4.79 Å². The lowest BCUT2D eigenvalue weighted by Gasteiger charge is -2.36. The van der Waals surface area contributed by atoms with E-state index in [1.54, 1.807) is 31.4 Å². The highest BCUT2D eigenvalue weighted by atomic mass is 16.5. The van der Waals surface area contributed by atoms with Crippen molar-refractivity contribution in [2.24, 2.45) is 0 Å². The molecule has 2 N–H and O–H groups in total. The number of hydrogen-bond acceptors (Lipinski definition) is 5. The van der Waals surface area contributed by atoms with Gasteiger partial charge in [-0.15, -0.1) is 0 Å². The molecule has 0 bridgehead atoms. The lowest BCUT2D eigenvalue weighted by atomic mass is 10.2. The molecule has 4 rings (SSSR count). The SMILES string of the molecule is COCCN(CC(=O)Nc1ccc(N2CCN(C(=O)Nc3cccc(C)c3)CC2)cc1)C(=O)c1ccccc1. The summed E-state index contributed by atoms with van der Waals surface area (Å²) in [5, 5.41) is 5.85. The minimum Gasteiger partial charge on any atom is -0.383 e. The highest BCUT2D eigenvalue weighted by molar-refractivity contribution is 5.99. The quantitative estimate of drug-likeness (QED) is 0.436. The standard InChI is InChI=1S/C30H35N5O4/c1-23-7-6-10-26(21-23)32-30(38)34-17-15-33(16-18-34)27-13-11-25(12-14-27)31-28(36)22-35(19-20-39-2)29(37)24-8-4-3-5-9-24/h3-14,21H,15-20,22H2,1-2H3,(H,31,36)(H,32,38). The summed E-state index contributed by atoms with van der Waals surface area (Å²) in [6.07, 6.45) is 0. The summed E-state index contributed by atoms with van der Waals surface area (Å²) in [6, 6.07) is 24.2. The van der Waals surface area contributed by atoms with E-state index in [-0.39, 0.29) is 24.4 Å². The normalized spacial score (nSPS) is 13.1. The van der Waals surface area contributed by atoms with Gasteiger partial charge >= 0.3 is 6.03 Å². The first kappa shape index (κ1) is 27.7. The van der Waals surface area contributed by atoms with Gasteiger partial charge in [0.05, 0.1) is 6.61 Å². The van der Waals surface area contributed by atoms with E-state index in [9.17, 15) is 14.4 Å². The molecule has 0 spiro atoms. The van der Waals surface area contributed by atoms with Crippen LogP contribution in [0.1, 0.15) is 15.9 Å². The molecule has 1 aliphatic rings. The number of urea groups is 1. The van der Waals surface area contributed by atoms with E-state index in [2.05, 4.69) is 15.5 Å². The van der Waals surface area contributed by atoms with Gasteiger partial charge in [0, 0.05) is 62.5 Å². The van der Waals surface area contributed by atoms with Crippen molar-refractivity contribution in [2.75, 3.05) is 68.5 Å². The molecule has 1 heterocycles. The van der Waals surface area contributed by atoms with Crippen molar-refractivity contribution in [3.63, 3.8) is 0 Å². The monoisotopic (exact) mass is 529 g/mol. The van der Waals surface area contributed by atoms with Crippen molar-refractivity contribution in [3.05, 3.63) is 90.0 Å². The Morgan fingerprint density at radius 3 is 2.23 bits per heavy atom. The molecule has 1 saturated heterocycles. The van der Waals surface area contributed by atoms with Gasteiger partial charge in [0.25, 0.3) is 5.91 Å². The van der Waals surface area contributed by atoms with Crippen LogP contribution in [0.4, 0.5) is 21.9 Å². The number of hydrogen-bond donors (Lipinski definition) is 2. The number of anilines is 3. The Morgan fingerprint density at radius 2 is 1.56 bits per heavy atom. The molecule has 4 amide bonds. The van der Waals surface area contributed by atoms with Gasteiger partial charge in [-0.2, -0.15) is 0 Å². The lowest BCUT2D eigenvalue weighted by Crippen LogP contribution is -2.50. The van der Waals surface area contributed by atoms with Gasteiger partial charge in [0.1, 0.15) is 6.54 Å². The molecule has 3 aromatic carbocycles. The Labute approximate surface area is 229 Å². The maximum atomic E-state index is 12.9. The van der Waals surface area contributed by atoms with Crippen LogP contribution in [0.3, 0.4) is 0 Å². The van der Waals surface area contributed by atoms with E-state index in [1.165, 1.54) is 4.90 Å². The predicted octanol–water partition coefficient (Wildman–Crippen LogP) is 4.08. The molecule has 0 unspecified atom stereocenters. The average Bonchev–Trinajstić information content (AvgIpc) is 2.96. The minimum atomic E-state index is -0.281. The third-order valence-corrected chi connectivity index (χ3v) is 6.56. The van der Waals surface area contributed by atoms with E-state index in [1.807, 2.05) is 66.4 Å². The van der Waals surface area contributed by atoms with Crippen LogP contribution < -0.4 is 15.5 Å². The number of nitrogens with one attached hydrogen (secondary N) is 2. The molecule has 1 fully saturated rings. The number of carbonyl (C=O) groups is 3. The summed E-state index contributed by atoms with van der Waals surface area (Å²) in [6.45, 7) is 5.21. The Bertz CT molecular complexity index is 1260. The minimum absolute atomic E-state index is 0.0780. The Hall–Kier alpha value is -4.37. The van der Waals surface area contributed by atoms with Crippen molar-refractivity contribution in [1.82, 2.24) is 9.80 Å². The summed E-state index contributed by atoms with van der Waals surface area (Å²) in [5.41, 5.74) is 4.10. The van der Waals surface area contributed by atoms with Crippen molar-refractivity contribution in [3.8, 4) is 0 Å². The van der Waals surface area contributed by atoms with Gasteiger partial charge in [-0.05, 0) is 61.0 Å². The molecule has 1 aliphatic heterocycles. The first-order valence-electron chi connectivity index (χ1n) is 13.0.